The van der Waals surface area contributed by atoms with E-state index in [1.54, 1.807) is 11.8 Å². The van der Waals surface area contributed by atoms with Crippen molar-refractivity contribution >= 4 is 22.6 Å². The highest BCUT2D eigenvalue weighted by Crippen LogP contribution is 2.30. The summed E-state index contributed by atoms with van der Waals surface area (Å²) in [5.41, 5.74) is 8.82. The summed E-state index contributed by atoms with van der Waals surface area (Å²) >= 11 is 1.78. The quantitative estimate of drug-likeness (QED) is 0.192. The molecule has 0 unspecified atom stereocenters. The van der Waals surface area contributed by atoms with E-state index in [-0.39, 0.29) is 0 Å². The van der Waals surface area contributed by atoms with E-state index in [2.05, 4.69) is 118 Å². The molecule has 0 aliphatic heterocycles. The number of aliphatic imine (C=N–C) groups is 1. The maximum Gasteiger partial charge on any atom is 0.169 e. The van der Waals surface area contributed by atoms with Crippen molar-refractivity contribution in [3.8, 4) is 0 Å². The number of aryl methyl sites for hydroxylation is 4. The largest absolute Gasteiger partial charge is 0.343 e. The molecule has 0 saturated heterocycles. The lowest BCUT2D eigenvalue weighted by Crippen LogP contribution is -2.30. The number of hydrogen-bond donors (Lipinski definition) is 0. The van der Waals surface area contributed by atoms with Gasteiger partial charge < -0.3 is 4.90 Å². The van der Waals surface area contributed by atoms with Crippen LogP contribution in [0, 0.1) is 27.7 Å². The van der Waals surface area contributed by atoms with Crippen LogP contribution in [-0.2, 0) is 6.54 Å². The normalized spacial score (nSPS) is 13.1. The molecule has 0 radical (unpaired) electrons. The van der Waals surface area contributed by atoms with Gasteiger partial charge in [0.15, 0.2) is 5.17 Å². The lowest BCUT2D eigenvalue weighted by atomic mass is 10.0. The standard InChI is InChI=1S/C31H34N2S.C2H6/c1-23-15-16-30(26(4)18-23)34-31(32-29-19-24(2)17-25(3)20-29)33(21-27-11-7-5-8-12-27)22-28-13-9-6-10-14-28;1-2/h5-9,11-13,15-20H,10,14,21-22H2,1-4H3;1-2H3. The van der Waals surface area contributed by atoms with Crippen LogP contribution in [0.25, 0.3) is 0 Å². The summed E-state index contributed by atoms with van der Waals surface area (Å²) in [6.45, 7) is 14.3. The molecule has 1 aliphatic rings. The van der Waals surface area contributed by atoms with Crippen LogP contribution in [0.4, 0.5) is 5.69 Å². The van der Waals surface area contributed by atoms with Gasteiger partial charge in [-0.25, -0.2) is 4.99 Å². The van der Waals surface area contributed by atoms with E-state index in [4.69, 9.17) is 4.99 Å². The van der Waals surface area contributed by atoms with Crippen LogP contribution in [0.3, 0.4) is 0 Å². The molecule has 0 atom stereocenters. The predicted molar refractivity (Wildman–Crippen MR) is 159 cm³/mol. The minimum Gasteiger partial charge on any atom is -0.343 e. The Labute approximate surface area is 222 Å². The van der Waals surface area contributed by atoms with Crippen molar-refractivity contribution in [2.75, 3.05) is 6.54 Å². The van der Waals surface area contributed by atoms with Crippen LogP contribution < -0.4 is 0 Å². The molecule has 0 fully saturated rings. The number of benzene rings is 3. The number of hydrogen-bond acceptors (Lipinski definition) is 2. The summed E-state index contributed by atoms with van der Waals surface area (Å²) in [5, 5.41) is 1.04. The molecule has 3 aromatic carbocycles. The SMILES string of the molecule is CC.Cc1cc(C)cc(N=C(Sc2ccc(C)cc2C)N(CC2=CC=CCC2)Cc2ccccc2)c1. The fraction of sp³-hybridized carbons (Fsp3) is 0.303. The fourth-order valence-corrected chi connectivity index (χ4v) is 5.28. The molecule has 36 heavy (non-hydrogen) atoms. The van der Waals surface area contributed by atoms with Gasteiger partial charge in [0.25, 0.3) is 0 Å². The van der Waals surface area contributed by atoms with Crippen LogP contribution in [-0.4, -0.2) is 16.6 Å². The Bertz CT molecular complexity index is 1200. The van der Waals surface area contributed by atoms with E-state index in [9.17, 15) is 0 Å². The molecule has 0 aromatic heterocycles. The Morgan fingerprint density at radius 1 is 0.833 bits per heavy atom. The van der Waals surface area contributed by atoms with Crippen molar-refractivity contribution in [2.45, 2.75) is 65.8 Å². The van der Waals surface area contributed by atoms with Crippen LogP contribution in [0.2, 0.25) is 0 Å². The topological polar surface area (TPSA) is 15.6 Å². The molecule has 0 N–H and O–H groups in total. The van der Waals surface area contributed by atoms with E-state index in [0.717, 1.165) is 36.8 Å². The van der Waals surface area contributed by atoms with E-state index < -0.39 is 0 Å². The van der Waals surface area contributed by atoms with Gasteiger partial charge in [0.05, 0.1) is 5.69 Å². The molecular formula is C33H40N2S. The highest BCUT2D eigenvalue weighted by Gasteiger charge is 2.18. The zero-order valence-corrected chi connectivity index (χ0v) is 23.5. The third kappa shape index (κ3) is 8.27. The minimum absolute atomic E-state index is 0.823. The first-order chi connectivity index (χ1) is 17.5. The second-order valence-electron chi connectivity index (χ2n) is 9.24. The summed E-state index contributed by atoms with van der Waals surface area (Å²) in [6.07, 6.45) is 8.93. The van der Waals surface area contributed by atoms with E-state index in [0.29, 0.717) is 0 Å². The molecule has 2 nitrogen and oxygen atoms in total. The first-order valence-electron chi connectivity index (χ1n) is 13.0. The van der Waals surface area contributed by atoms with Gasteiger partial charge >= 0.3 is 0 Å². The third-order valence-corrected chi connectivity index (χ3v) is 7.15. The van der Waals surface area contributed by atoms with E-state index in [1.807, 2.05) is 13.8 Å². The molecule has 0 spiro atoms. The van der Waals surface area contributed by atoms with Crippen LogP contribution >= 0.6 is 11.8 Å². The van der Waals surface area contributed by atoms with Gasteiger partial charge in [0.2, 0.25) is 0 Å². The Morgan fingerprint density at radius 2 is 1.56 bits per heavy atom. The molecule has 3 heteroatoms. The first-order valence-corrected chi connectivity index (χ1v) is 13.8. The minimum atomic E-state index is 0.823. The number of rotatable bonds is 6. The lowest BCUT2D eigenvalue weighted by molar-refractivity contribution is 0.449. The zero-order valence-electron chi connectivity index (χ0n) is 22.7. The van der Waals surface area contributed by atoms with Crippen LogP contribution in [0.5, 0.6) is 0 Å². The Morgan fingerprint density at radius 3 is 2.19 bits per heavy atom. The number of amidine groups is 1. The van der Waals surface area contributed by atoms with Crippen molar-refractivity contribution in [1.82, 2.24) is 4.90 Å². The highest BCUT2D eigenvalue weighted by molar-refractivity contribution is 8.13. The molecule has 0 heterocycles. The Balaban J connectivity index is 0.00000176. The fourth-order valence-electron chi connectivity index (χ4n) is 4.32. The van der Waals surface area contributed by atoms with Crippen molar-refractivity contribution in [2.24, 2.45) is 4.99 Å². The first kappa shape index (κ1) is 27.5. The average Bonchev–Trinajstić information content (AvgIpc) is 2.87. The summed E-state index contributed by atoms with van der Waals surface area (Å²) in [5.74, 6) is 0. The van der Waals surface area contributed by atoms with Gasteiger partial charge in [-0.05, 0) is 81.0 Å². The van der Waals surface area contributed by atoms with Crippen molar-refractivity contribution in [3.63, 3.8) is 0 Å². The second kappa shape index (κ2) is 13.9. The summed E-state index contributed by atoms with van der Waals surface area (Å²) in [6, 6.07) is 24.0. The number of allylic oxidation sites excluding steroid dienone is 3. The molecule has 3 aromatic rings. The van der Waals surface area contributed by atoms with Gasteiger partial charge in [0.1, 0.15) is 0 Å². The van der Waals surface area contributed by atoms with E-state index >= 15 is 0 Å². The summed E-state index contributed by atoms with van der Waals surface area (Å²) in [7, 11) is 0. The van der Waals surface area contributed by atoms with Gasteiger partial charge in [0, 0.05) is 18.0 Å². The molecular weight excluding hydrogens is 456 g/mol. The number of thioether (sulfide) groups is 1. The van der Waals surface area contributed by atoms with Gasteiger partial charge in [-0.3, -0.25) is 0 Å². The second-order valence-corrected chi connectivity index (χ2v) is 10.3. The number of nitrogens with zero attached hydrogens (tertiary/aromatic N) is 2. The molecule has 4 rings (SSSR count). The van der Waals surface area contributed by atoms with Crippen LogP contribution in [0.15, 0.2) is 100 Å². The third-order valence-electron chi connectivity index (χ3n) is 5.94. The monoisotopic (exact) mass is 496 g/mol. The van der Waals surface area contributed by atoms with Crippen molar-refractivity contribution < 1.29 is 0 Å². The van der Waals surface area contributed by atoms with Gasteiger partial charge in [-0.2, -0.15) is 0 Å². The Kier molecular flexibility index (Phi) is 10.6. The zero-order chi connectivity index (χ0) is 25.9. The average molecular weight is 497 g/mol. The van der Waals surface area contributed by atoms with Crippen molar-refractivity contribution in [1.29, 1.82) is 0 Å². The van der Waals surface area contributed by atoms with Crippen molar-refractivity contribution in [3.05, 3.63) is 118 Å². The van der Waals surface area contributed by atoms with Crippen LogP contribution in [0.1, 0.15) is 54.5 Å². The lowest BCUT2D eigenvalue weighted by Gasteiger charge is -2.28. The van der Waals surface area contributed by atoms with Gasteiger partial charge in [-0.1, -0.05) is 104 Å². The predicted octanol–water partition coefficient (Wildman–Crippen LogP) is 9.50. The molecule has 0 bridgehead atoms. The smallest absolute Gasteiger partial charge is 0.169 e. The summed E-state index contributed by atoms with van der Waals surface area (Å²) in [4.78, 5) is 8.96. The Hall–Kier alpha value is -3.04. The molecule has 188 valence electrons. The maximum absolute atomic E-state index is 5.26. The molecule has 1 aliphatic carbocycles. The molecule has 0 saturated carbocycles. The van der Waals surface area contributed by atoms with E-state index in [1.165, 1.54) is 38.3 Å². The van der Waals surface area contributed by atoms with Gasteiger partial charge in [-0.15, -0.1) is 0 Å². The highest BCUT2D eigenvalue weighted by atomic mass is 32.2. The molecule has 0 amide bonds. The summed E-state index contributed by atoms with van der Waals surface area (Å²) < 4.78 is 0. The maximum atomic E-state index is 5.26.